The Balaban J connectivity index is 0.00000361. The van der Waals surface area contributed by atoms with E-state index in [4.69, 9.17) is 14.0 Å². The van der Waals surface area contributed by atoms with Crippen LogP contribution in [0.2, 0.25) is 0 Å². The predicted molar refractivity (Wildman–Crippen MR) is 130 cm³/mol. The molecule has 3 aromatic carbocycles. The standard InChI is InChI=1S/C27H26N2O6.Na/c1-17-11-24(33-15-19(3)30)12-18(2)25(17)22-6-4-5-21(13-22)16-34-23-9-7-20(8-10-23)14-29-26(31)28-27(32)35-29;/h4-13H,14-16H2,1-3H3,(H,28,31,32);/q;+1/p-1. The van der Waals surface area contributed by atoms with E-state index in [0.717, 1.165) is 38.1 Å². The molecule has 4 rings (SSSR count). The summed E-state index contributed by atoms with van der Waals surface area (Å²) in [6.45, 7) is 6.12. The quantitative estimate of drug-likeness (QED) is 0.314. The van der Waals surface area contributed by atoms with Gasteiger partial charge >= 0.3 is 35.3 Å². The first-order valence-electron chi connectivity index (χ1n) is 11.1. The molecule has 1 heterocycles. The zero-order valence-corrected chi connectivity index (χ0v) is 22.7. The summed E-state index contributed by atoms with van der Waals surface area (Å²) in [5, 5.41) is 0. The van der Waals surface area contributed by atoms with Crippen LogP contribution >= 0.6 is 0 Å². The fourth-order valence-electron chi connectivity index (χ4n) is 3.88. The first-order valence-corrected chi connectivity index (χ1v) is 11.1. The maximum Gasteiger partial charge on any atom is 1.00 e. The van der Waals surface area contributed by atoms with Gasteiger partial charge in [0.05, 0.1) is 0 Å². The van der Waals surface area contributed by atoms with Gasteiger partial charge in [-0.25, -0.2) is 4.79 Å². The number of aromatic nitrogens is 2. The van der Waals surface area contributed by atoms with Crippen LogP contribution in [0.4, 0.5) is 0 Å². The number of ketones is 1. The number of rotatable bonds is 9. The molecule has 0 radical (unpaired) electrons. The molecule has 9 heteroatoms. The predicted octanol–water partition coefficient (Wildman–Crippen LogP) is 0.642. The molecule has 0 saturated heterocycles. The Bertz CT molecular complexity index is 1440. The van der Waals surface area contributed by atoms with Crippen molar-refractivity contribution < 1.29 is 48.3 Å². The first-order chi connectivity index (χ1) is 16.8. The molecule has 4 aromatic rings. The fraction of sp³-hybridized carbons (Fsp3) is 0.222. The first kappa shape index (κ1) is 27.3. The van der Waals surface area contributed by atoms with E-state index in [1.54, 1.807) is 24.3 Å². The molecular weight excluding hydrogens is 471 g/mol. The minimum absolute atomic E-state index is 0. The van der Waals surface area contributed by atoms with Crippen molar-refractivity contribution in [2.75, 3.05) is 6.61 Å². The van der Waals surface area contributed by atoms with Crippen LogP contribution in [0.1, 0.15) is 29.2 Å². The van der Waals surface area contributed by atoms with E-state index in [1.807, 2.05) is 38.1 Å². The number of ether oxygens (including phenoxy) is 2. The fourth-order valence-corrected chi connectivity index (χ4v) is 3.88. The van der Waals surface area contributed by atoms with Crippen LogP contribution < -0.4 is 55.5 Å². The summed E-state index contributed by atoms with van der Waals surface area (Å²) < 4.78 is 17.2. The van der Waals surface area contributed by atoms with Gasteiger partial charge in [0.25, 0.3) is 0 Å². The number of nitrogens with zero attached hydrogens (tertiary/aromatic N) is 2. The van der Waals surface area contributed by atoms with Crippen LogP contribution in [0.15, 0.2) is 74.8 Å². The number of aryl methyl sites for hydroxylation is 2. The average molecular weight is 496 g/mol. The summed E-state index contributed by atoms with van der Waals surface area (Å²) >= 11 is 0. The number of carbonyl (C=O) groups excluding carboxylic acids is 1. The topological polar surface area (TPSA) is 102 Å². The van der Waals surface area contributed by atoms with Crippen LogP contribution in [0.25, 0.3) is 11.1 Å². The number of hydrogen-bond acceptors (Lipinski definition) is 6. The van der Waals surface area contributed by atoms with Crippen molar-refractivity contribution in [3.63, 3.8) is 0 Å². The maximum atomic E-state index is 11.5. The van der Waals surface area contributed by atoms with Gasteiger partial charge < -0.3 is 19.0 Å². The minimum Gasteiger partial charge on any atom is -0.489 e. The second-order valence-corrected chi connectivity index (χ2v) is 8.34. The second-order valence-electron chi connectivity index (χ2n) is 8.34. The summed E-state index contributed by atoms with van der Waals surface area (Å²) in [6, 6.07) is 19.2. The number of carbonyl (C=O) groups is 1. The van der Waals surface area contributed by atoms with Gasteiger partial charge in [-0.15, -0.1) is 0 Å². The van der Waals surface area contributed by atoms with E-state index in [0.29, 0.717) is 18.1 Å². The van der Waals surface area contributed by atoms with Gasteiger partial charge in [-0.3, -0.25) is 14.3 Å². The summed E-state index contributed by atoms with van der Waals surface area (Å²) in [5.41, 5.74) is 5.40. The third kappa shape index (κ3) is 6.87. The molecule has 1 aromatic heterocycles. The molecule has 0 fully saturated rings. The Morgan fingerprint density at radius 2 is 1.61 bits per heavy atom. The Labute approximate surface area is 230 Å². The molecule has 8 nitrogen and oxygen atoms in total. The van der Waals surface area contributed by atoms with Crippen LogP contribution in [0.5, 0.6) is 11.5 Å². The van der Waals surface area contributed by atoms with Crippen molar-refractivity contribution in [2.24, 2.45) is 0 Å². The van der Waals surface area contributed by atoms with Crippen molar-refractivity contribution in [1.29, 1.82) is 0 Å². The molecule has 0 aliphatic carbocycles. The van der Waals surface area contributed by atoms with Gasteiger partial charge in [-0.1, -0.05) is 30.3 Å². The molecule has 0 aliphatic heterocycles. The molecular formula is C27H25N2NaO6. The van der Waals surface area contributed by atoms with Crippen LogP contribution in [0.3, 0.4) is 0 Å². The van der Waals surface area contributed by atoms with E-state index < -0.39 is 11.4 Å². The molecule has 0 spiro atoms. The summed E-state index contributed by atoms with van der Waals surface area (Å²) in [6.07, 6.45) is 0. The third-order valence-electron chi connectivity index (χ3n) is 5.41. The van der Waals surface area contributed by atoms with Gasteiger partial charge in [0, 0.05) is 6.54 Å². The number of Topliss-reactive ketones (excluding diaryl/α,β-unsaturated/α-hetero) is 1. The zero-order chi connectivity index (χ0) is 24.9. The SMILES string of the molecule is CC(=O)COc1cc(C)c(-c2cccc(COc3ccc(Cn4oc(=O)[n-]c4=O)cc3)c2)c(C)c1.[Na+]. The van der Waals surface area contributed by atoms with Gasteiger partial charge in [0.2, 0.25) is 0 Å². The Kier molecular flexibility index (Phi) is 9.14. The van der Waals surface area contributed by atoms with Crippen LogP contribution in [0, 0.1) is 13.8 Å². The minimum atomic E-state index is -0.903. The summed E-state index contributed by atoms with van der Waals surface area (Å²) in [7, 11) is 0. The molecule has 36 heavy (non-hydrogen) atoms. The normalized spacial score (nSPS) is 10.5. The van der Waals surface area contributed by atoms with E-state index in [9.17, 15) is 14.4 Å². The third-order valence-corrected chi connectivity index (χ3v) is 5.41. The van der Waals surface area contributed by atoms with Crippen molar-refractivity contribution in [3.8, 4) is 22.6 Å². The molecule has 0 N–H and O–H groups in total. The van der Waals surface area contributed by atoms with Gasteiger partial charge in [-0.05, 0) is 84.5 Å². The van der Waals surface area contributed by atoms with Crippen LogP contribution in [-0.2, 0) is 17.9 Å². The zero-order valence-electron chi connectivity index (χ0n) is 20.7. The average Bonchev–Trinajstić information content (AvgIpc) is 3.13. The Morgan fingerprint density at radius 3 is 2.22 bits per heavy atom. The van der Waals surface area contributed by atoms with Gasteiger partial charge in [0.1, 0.15) is 24.7 Å². The van der Waals surface area contributed by atoms with Crippen LogP contribution in [-0.4, -0.2) is 17.1 Å². The Morgan fingerprint density at radius 1 is 0.917 bits per heavy atom. The van der Waals surface area contributed by atoms with E-state index >= 15 is 0 Å². The van der Waals surface area contributed by atoms with Crippen molar-refractivity contribution in [3.05, 3.63) is 104 Å². The van der Waals surface area contributed by atoms with E-state index in [1.165, 1.54) is 6.92 Å². The molecule has 0 amide bonds. The molecule has 180 valence electrons. The van der Waals surface area contributed by atoms with Gasteiger partial charge in [0.15, 0.2) is 11.5 Å². The molecule has 0 bridgehead atoms. The van der Waals surface area contributed by atoms with Crippen molar-refractivity contribution >= 4 is 5.78 Å². The molecule has 0 atom stereocenters. The molecule has 0 unspecified atom stereocenters. The van der Waals surface area contributed by atoms with E-state index in [-0.39, 0.29) is 48.5 Å². The second kappa shape index (κ2) is 12.1. The largest absolute Gasteiger partial charge is 1.00 e. The Hall–Kier alpha value is -3.33. The monoisotopic (exact) mass is 496 g/mol. The molecule has 0 aliphatic rings. The van der Waals surface area contributed by atoms with Gasteiger partial charge in [-0.2, -0.15) is 0 Å². The summed E-state index contributed by atoms with van der Waals surface area (Å²) in [4.78, 5) is 37.0. The maximum absolute atomic E-state index is 11.5. The van der Waals surface area contributed by atoms with Crippen molar-refractivity contribution in [1.82, 2.24) is 9.72 Å². The smallest absolute Gasteiger partial charge is 0.489 e. The van der Waals surface area contributed by atoms with Crippen molar-refractivity contribution in [2.45, 2.75) is 33.9 Å². The van der Waals surface area contributed by atoms with E-state index in [2.05, 4.69) is 17.1 Å². The molecule has 0 saturated carbocycles. The number of benzene rings is 3. The number of hydrogen-bond donors (Lipinski definition) is 0. The summed E-state index contributed by atoms with van der Waals surface area (Å²) in [5.74, 6) is 0.436.